The summed E-state index contributed by atoms with van der Waals surface area (Å²) in [7, 11) is 1.45. The van der Waals surface area contributed by atoms with E-state index in [-0.39, 0.29) is 5.69 Å². The molecule has 1 aliphatic heterocycles. The van der Waals surface area contributed by atoms with Crippen molar-refractivity contribution in [2.45, 2.75) is 4.58 Å². The topological polar surface area (TPSA) is 52.4 Å². The Balaban J connectivity index is 2.34. The Kier molecular flexibility index (Phi) is 3.60. The van der Waals surface area contributed by atoms with Crippen LogP contribution in [0.2, 0.25) is 0 Å². The van der Waals surface area contributed by atoms with Gasteiger partial charge in [-0.05, 0) is 11.6 Å². The summed E-state index contributed by atoms with van der Waals surface area (Å²) in [5.41, 5.74) is 1.05. The molecular weight excluding hydrogens is 246 g/mol. The van der Waals surface area contributed by atoms with Gasteiger partial charge in [-0.15, -0.1) is 23.5 Å². The van der Waals surface area contributed by atoms with Crippen molar-refractivity contribution < 1.29 is 9.66 Å². The minimum absolute atomic E-state index is 0.0492. The lowest BCUT2D eigenvalue weighted by atomic mass is 10.2. The summed E-state index contributed by atoms with van der Waals surface area (Å²) in [6.07, 6.45) is 0. The monoisotopic (exact) mass is 257 g/mol. The fraction of sp³-hybridized carbons (Fsp3) is 0.400. The number of nitro groups is 1. The first-order valence-electron chi connectivity index (χ1n) is 4.78. The number of nitrogens with zero attached hydrogens (tertiary/aromatic N) is 1. The van der Waals surface area contributed by atoms with Crippen LogP contribution in [-0.4, -0.2) is 23.5 Å². The highest BCUT2D eigenvalue weighted by atomic mass is 32.2. The SMILES string of the molecule is COc1ccc(C2SCCS2)cc1[N+](=O)[O-]. The summed E-state index contributed by atoms with van der Waals surface area (Å²) in [6, 6.07) is 5.20. The standard InChI is InChI=1S/C10H11NO3S2/c1-14-9-3-2-7(6-8(9)11(12)13)10-15-4-5-16-10/h2-3,6,10H,4-5H2,1H3. The van der Waals surface area contributed by atoms with E-state index < -0.39 is 4.92 Å². The minimum Gasteiger partial charge on any atom is -0.490 e. The molecule has 0 bridgehead atoms. The van der Waals surface area contributed by atoms with Gasteiger partial charge in [-0.3, -0.25) is 10.1 Å². The van der Waals surface area contributed by atoms with Crippen molar-refractivity contribution >= 4 is 29.2 Å². The molecule has 1 aliphatic rings. The zero-order valence-electron chi connectivity index (χ0n) is 8.71. The molecular formula is C10H11NO3S2. The third kappa shape index (κ3) is 2.27. The van der Waals surface area contributed by atoms with Crippen LogP contribution >= 0.6 is 23.5 Å². The normalized spacial score (nSPS) is 16.3. The molecule has 1 aromatic rings. The molecule has 16 heavy (non-hydrogen) atoms. The van der Waals surface area contributed by atoms with Crippen LogP contribution in [0.25, 0.3) is 0 Å². The zero-order chi connectivity index (χ0) is 11.5. The predicted molar refractivity (Wildman–Crippen MR) is 67.3 cm³/mol. The number of methoxy groups -OCH3 is 1. The summed E-state index contributed by atoms with van der Waals surface area (Å²) in [6.45, 7) is 0. The van der Waals surface area contributed by atoms with Gasteiger partial charge in [0.15, 0.2) is 5.75 Å². The quantitative estimate of drug-likeness (QED) is 0.615. The van der Waals surface area contributed by atoms with E-state index in [1.54, 1.807) is 12.1 Å². The van der Waals surface area contributed by atoms with Gasteiger partial charge in [0.1, 0.15) is 0 Å². The lowest BCUT2D eigenvalue weighted by Crippen LogP contribution is -1.95. The molecule has 0 aromatic heterocycles. The highest BCUT2D eigenvalue weighted by molar-refractivity contribution is 8.19. The van der Waals surface area contributed by atoms with Crippen molar-refractivity contribution in [1.29, 1.82) is 0 Å². The molecule has 0 atom stereocenters. The predicted octanol–water partition coefficient (Wildman–Crippen LogP) is 3.08. The molecule has 4 nitrogen and oxygen atoms in total. The van der Waals surface area contributed by atoms with Gasteiger partial charge in [-0.1, -0.05) is 6.07 Å². The average Bonchev–Trinajstić information content (AvgIpc) is 2.81. The number of nitro benzene ring substituents is 1. The van der Waals surface area contributed by atoms with Crippen LogP contribution in [0, 0.1) is 10.1 Å². The van der Waals surface area contributed by atoms with Gasteiger partial charge in [-0.25, -0.2) is 0 Å². The highest BCUT2D eigenvalue weighted by Gasteiger charge is 2.22. The lowest BCUT2D eigenvalue weighted by molar-refractivity contribution is -0.385. The Morgan fingerprint density at radius 3 is 2.69 bits per heavy atom. The van der Waals surface area contributed by atoms with Gasteiger partial charge in [0.2, 0.25) is 0 Å². The van der Waals surface area contributed by atoms with Crippen LogP contribution in [0.1, 0.15) is 10.1 Å². The van der Waals surface area contributed by atoms with E-state index in [0.29, 0.717) is 10.3 Å². The van der Waals surface area contributed by atoms with Crippen molar-refractivity contribution in [3.8, 4) is 5.75 Å². The van der Waals surface area contributed by atoms with Crippen LogP contribution in [0.5, 0.6) is 5.75 Å². The van der Waals surface area contributed by atoms with E-state index in [9.17, 15) is 10.1 Å². The zero-order valence-corrected chi connectivity index (χ0v) is 10.3. The van der Waals surface area contributed by atoms with Crippen LogP contribution < -0.4 is 4.74 Å². The third-order valence-electron chi connectivity index (χ3n) is 2.29. The van der Waals surface area contributed by atoms with E-state index in [4.69, 9.17) is 4.74 Å². The largest absolute Gasteiger partial charge is 0.490 e. The highest BCUT2D eigenvalue weighted by Crippen LogP contribution is 2.46. The maximum absolute atomic E-state index is 10.9. The first kappa shape index (κ1) is 11.6. The molecule has 0 unspecified atom stereocenters. The fourth-order valence-corrected chi connectivity index (χ4v) is 4.39. The Hall–Kier alpha value is -0.880. The van der Waals surface area contributed by atoms with E-state index in [1.807, 2.05) is 29.6 Å². The molecule has 0 radical (unpaired) electrons. The molecule has 0 N–H and O–H groups in total. The third-order valence-corrected chi connectivity index (χ3v) is 5.40. The summed E-state index contributed by atoms with van der Waals surface area (Å²) in [5, 5.41) is 10.9. The van der Waals surface area contributed by atoms with Crippen molar-refractivity contribution in [2.24, 2.45) is 0 Å². The van der Waals surface area contributed by atoms with Gasteiger partial charge in [0, 0.05) is 17.6 Å². The Labute approximate surface area is 102 Å². The van der Waals surface area contributed by atoms with Crippen molar-refractivity contribution in [2.75, 3.05) is 18.6 Å². The molecule has 1 aromatic carbocycles. The molecule has 0 saturated carbocycles. The van der Waals surface area contributed by atoms with Crippen molar-refractivity contribution in [3.63, 3.8) is 0 Å². The number of hydrogen-bond acceptors (Lipinski definition) is 5. The number of hydrogen-bond donors (Lipinski definition) is 0. The second kappa shape index (κ2) is 4.97. The van der Waals surface area contributed by atoms with Gasteiger partial charge in [0.25, 0.3) is 0 Å². The van der Waals surface area contributed by atoms with Gasteiger partial charge in [-0.2, -0.15) is 0 Å². The number of rotatable bonds is 3. The van der Waals surface area contributed by atoms with Crippen LogP contribution in [0.3, 0.4) is 0 Å². The van der Waals surface area contributed by atoms with E-state index >= 15 is 0 Å². The molecule has 86 valence electrons. The Bertz CT molecular complexity index is 405. The van der Waals surface area contributed by atoms with Gasteiger partial charge >= 0.3 is 5.69 Å². The van der Waals surface area contributed by atoms with Crippen LogP contribution in [0.4, 0.5) is 5.69 Å². The van der Waals surface area contributed by atoms with Crippen LogP contribution in [0.15, 0.2) is 18.2 Å². The second-order valence-electron chi connectivity index (χ2n) is 3.26. The molecule has 6 heteroatoms. The summed E-state index contributed by atoms with van der Waals surface area (Å²) in [4.78, 5) is 10.5. The van der Waals surface area contributed by atoms with Crippen LogP contribution in [-0.2, 0) is 0 Å². The maximum Gasteiger partial charge on any atom is 0.311 e. The number of ether oxygens (including phenoxy) is 1. The van der Waals surface area contributed by atoms with E-state index in [2.05, 4.69) is 0 Å². The summed E-state index contributed by atoms with van der Waals surface area (Å²) < 4.78 is 5.29. The molecule has 0 amide bonds. The molecule has 1 saturated heterocycles. The van der Waals surface area contributed by atoms with Gasteiger partial charge < -0.3 is 4.74 Å². The smallest absolute Gasteiger partial charge is 0.311 e. The average molecular weight is 257 g/mol. The summed E-state index contributed by atoms with van der Waals surface area (Å²) in [5.74, 6) is 2.53. The fourth-order valence-electron chi connectivity index (χ4n) is 1.55. The molecule has 0 spiro atoms. The van der Waals surface area contributed by atoms with E-state index in [1.165, 1.54) is 7.11 Å². The summed E-state index contributed by atoms with van der Waals surface area (Å²) >= 11 is 3.66. The first-order valence-corrected chi connectivity index (χ1v) is 6.87. The Morgan fingerprint density at radius 2 is 2.12 bits per heavy atom. The minimum atomic E-state index is -0.396. The van der Waals surface area contributed by atoms with Gasteiger partial charge in [0.05, 0.1) is 16.6 Å². The Morgan fingerprint density at radius 1 is 1.44 bits per heavy atom. The second-order valence-corrected chi connectivity index (χ2v) is 5.99. The van der Waals surface area contributed by atoms with Crippen molar-refractivity contribution in [3.05, 3.63) is 33.9 Å². The molecule has 2 rings (SSSR count). The first-order chi connectivity index (χ1) is 7.72. The molecule has 0 aliphatic carbocycles. The maximum atomic E-state index is 10.9. The molecule has 1 fully saturated rings. The van der Waals surface area contributed by atoms with E-state index in [0.717, 1.165) is 17.1 Å². The van der Waals surface area contributed by atoms with Crippen molar-refractivity contribution in [1.82, 2.24) is 0 Å². The number of thioether (sulfide) groups is 2. The molecule has 1 heterocycles. The lowest BCUT2D eigenvalue weighted by Gasteiger charge is -2.09. The number of benzene rings is 1.